The van der Waals surface area contributed by atoms with Crippen molar-refractivity contribution in [1.29, 1.82) is 0 Å². The van der Waals surface area contributed by atoms with E-state index in [4.69, 9.17) is 4.98 Å². The monoisotopic (exact) mass is 473 g/mol. The molecule has 0 fully saturated rings. The Morgan fingerprint density at radius 2 is 1.61 bits per heavy atom. The Morgan fingerprint density at radius 1 is 0.939 bits per heavy atom. The van der Waals surface area contributed by atoms with Gasteiger partial charge in [0.2, 0.25) is 5.91 Å². The van der Waals surface area contributed by atoms with Crippen LogP contribution in [0.5, 0.6) is 0 Å². The summed E-state index contributed by atoms with van der Waals surface area (Å²) in [5, 5.41) is 0.539. The summed E-state index contributed by atoms with van der Waals surface area (Å²) < 4.78 is 0.975. The second kappa shape index (κ2) is 8.80. The second-order valence-electron chi connectivity index (χ2n) is 7.51. The van der Waals surface area contributed by atoms with E-state index in [9.17, 15) is 14.4 Å². The number of carbonyl (C=O) groups excluding carboxylic acids is 3. The van der Waals surface area contributed by atoms with Gasteiger partial charge in [-0.05, 0) is 36.1 Å². The number of thioether (sulfide) groups is 1. The quantitative estimate of drug-likeness (QED) is 0.296. The van der Waals surface area contributed by atoms with E-state index in [2.05, 4.69) is 0 Å². The average molecular weight is 474 g/mol. The van der Waals surface area contributed by atoms with Crippen LogP contribution in [0.1, 0.15) is 26.3 Å². The fourth-order valence-corrected chi connectivity index (χ4v) is 5.46. The maximum Gasteiger partial charge on any atom is 0.262 e. The van der Waals surface area contributed by atoms with Crippen molar-refractivity contribution >= 4 is 56.2 Å². The molecule has 3 aromatic carbocycles. The molecule has 0 spiro atoms. The molecule has 2 heterocycles. The minimum Gasteiger partial charge on any atom is -0.282 e. The molecule has 0 saturated carbocycles. The van der Waals surface area contributed by atoms with E-state index in [0.29, 0.717) is 16.3 Å². The van der Waals surface area contributed by atoms with Crippen molar-refractivity contribution in [1.82, 2.24) is 9.88 Å². The second-order valence-corrected chi connectivity index (χ2v) is 9.37. The van der Waals surface area contributed by atoms with Crippen LogP contribution in [0, 0.1) is 0 Å². The Hall–Kier alpha value is -3.49. The van der Waals surface area contributed by atoms with Crippen LogP contribution in [-0.2, 0) is 11.3 Å². The number of carbonyl (C=O) groups is 3. The third-order valence-corrected chi connectivity index (χ3v) is 7.29. The van der Waals surface area contributed by atoms with Crippen LogP contribution in [0.25, 0.3) is 10.2 Å². The van der Waals surface area contributed by atoms with Gasteiger partial charge in [-0.25, -0.2) is 4.98 Å². The van der Waals surface area contributed by atoms with E-state index in [0.717, 1.165) is 25.6 Å². The summed E-state index contributed by atoms with van der Waals surface area (Å²) in [6.45, 7) is -0.0538. The van der Waals surface area contributed by atoms with Gasteiger partial charge in [0.15, 0.2) is 5.13 Å². The Bertz CT molecular complexity index is 1350. The van der Waals surface area contributed by atoms with Crippen molar-refractivity contribution in [2.24, 2.45) is 0 Å². The highest BCUT2D eigenvalue weighted by molar-refractivity contribution is 7.98. The number of aromatic nitrogens is 1. The molecule has 0 N–H and O–H groups in total. The lowest BCUT2D eigenvalue weighted by Crippen LogP contribution is -2.42. The zero-order chi connectivity index (χ0) is 22.9. The zero-order valence-electron chi connectivity index (χ0n) is 17.7. The van der Waals surface area contributed by atoms with E-state index < -0.39 is 11.8 Å². The molecule has 3 amide bonds. The molecule has 164 valence electrons. The van der Waals surface area contributed by atoms with E-state index in [1.165, 1.54) is 11.3 Å². The van der Waals surface area contributed by atoms with Crippen molar-refractivity contribution in [3.8, 4) is 0 Å². The summed E-state index contributed by atoms with van der Waals surface area (Å²) in [4.78, 5) is 47.5. The van der Waals surface area contributed by atoms with Gasteiger partial charge in [0.25, 0.3) is 11.8 Å². The molecule has 0 bridgehead atoms. The number of benzene rings is 3. The number of amides is 3. The number of hydrogen-bond donors (Lipinski definition) is 0. The minimum absolute atomic E-state index is 0.289. The lowest BCUT2D eigenvalue weighted by atomic mass is 10.1. The van der Waals surface area contributed by atoms with Gasteiger partial charge in [0.05, 0.1) is 27.9 Å². The van der Waals surface area contributed by atoms with Crippen LogP contribution in [0.2, 0.25) is 0 Å². The number of thiazole rings is 1. The average Bonchev–Trinajstić information content (AvgIpc) is 3.38. The first-order valence-electron chi connectivity index (χ1n) is 10.3. The van der Waals surface area contributed by atoms with Gasteiger partial charge in [-0.15, -0.1) is 11.8 Å². The summed E-state index contributed by atoms with van der Waals surface area (Å²) >= 11 is 3.02. The van der Waals surface area contributed by atoms with Gasteiger partial charge < -0.3 is 0 Å². The summed E-state index contributed by atoms with van der Waals surface area (Å²) in [5.41, 5.74) is 2.43. The maximum atomic E-state index is 13.5. The number of fused-ring (bicyclic) bond motifs is 2. The zero-order valence-corrected chi connectivity index (χ0v) is 19.4. The summed E-state index contributed by atoms with van der Waals surface area (Å²) in [7, 11) is 0. The predicted octanol–water partition coefficient (Wildman–Crippen LogP) is 4.85. The van der Waals surface area contributed by atoms with Gasteiger partial charge in [-0.1, -0.05) is 59.9 Å². The predicted molar refractivity (Wildman–Crippen MR) is 131 cm³/mol. The van der Waals surface area contributed by atoms with Gasteiger partial charge in [0, 0.05) is 4.90 Å². The van der Waals surface area contributed by atoms with Crippen molar-refractivity contribution in [3.05, 3.63) is 89.5 Å². The molecule has 1 aliphatic heterocycles. The van der Waals surface area contributed by atoms with Crippen LogP contribution in [0.3, 0.4) is 0 Å². The highest BCUT2D eigenvalue weighted by Gasteiger charge is 2.37. The lowest BCUT2D eigenvalue weighted by Gasteiger charge is -2.22. The van der Waals surface area contributed by atoms with Crippen LogP contribution >= 0.6 is 23.1 Å². The smallest absolute Gasteiger partial charge is 0.262 e. The molecule has 1 aromatic heterocycles. The molecule has 6 nitrogen and oxygen atoms in total. The molecule has 33 heavy (non-hydrogen) atoms. The summed E-state index contributed by atoms with van der Waals surface area (Å²) in [5.74, 6) is -1.26. The number of para-hydroxylation sites is 1. The first kappa shape index (κ1) is 21.4. The van der Waals surface area contributed by atoms with E-state index in [-0.39, 0.29) is 19.0 Å². The Kier molecular flexibility index (Phi) is 5.70. The van der Waals surface area contributed by atoms with Crippen LogP contribution < -0.4 is 4.90 Å². The van der Waals surface area contributed by atoms with Crippen LogP contribution in [0.4, 0.5) is 5.13 Å². The van der Waals surface area contributed by atoms with E-state index in [1.54, 1.807) is 40.9 Å². The first-order valence-corrected chi connectivity index (χ1v) is 12.3. The Balaban J connectivity index is 1.49. The Labute approximate surface area is 198 Å². The fraction of sp³-hybridized carbons (Fsp3) is 0.120. The standard InChI is InChI=1S/C25H19N3O3S2/c1-32-19-12-7-13-20-22(19)26-25(33-20)27(14-16-8-3-2-4-9-16)21(29)15-28-23(30)17-10-5-6-11-18(17)24(28)31/h2-13H,14-15H2,1H3. The molecule has 0 radical (unpaired) electrons. The van der Waals surface area contributed by atoms with Gasteiger partial charge in [-0.2, -0.15) is 0 Å². The lowest BCUT2D eigenvalue weighted by molar-refractivity contribution is -0.119. The van der Waals surface area contributed by atoms with Crippen LogP contribution in [-0.4, -0.2) is 40.4 Å². The molecule has 0 atom stereocenters. The van der Waals surface area contributed by atoms with E-state index >= 15 is 0 Å². The van der Waals surface area contributed by atoms with Gasteiger partial charge >= 0.3 is 0 Å². The molecular weight excluding hydrogens is 454 g/mol. The summed E-state index contributed by atoms with van der Waals surface area (Å²) in [6.07, 6.45) is 1.99. The number of hydrogen-bond acceptors (Lipinski definition) is 6. The molecule has 1 aliphatic rings. The molecule has 0 unspecified atom stereocenters. The largest absolute Gasteiger partial charge is 0.282 e. The number of anilines is 1. The third kappa shape index (κ3) is 3.92. The third-order valence-electron chi connectivity index (χ3n) is 5.48. The number of rotatable bonds is 6. The SMILES string of the molecule is CSc1cccc2sc(N(Cc3ccccc3)C(=O)CN3C(=O)c4ccccc4C3=O)nc12. The van der Waals surface area contributed by atoms with Crippen LogP contribution in [0.15, 0.2) is 77.7 Å². The highest BCUT2D eigenvalue weighted by Crippen LogP contribution is 2.35. The molecular formula is C25H19N3O3S2. The number of nitrogens with zero attached hydrogens (tertiary/aromatic N) is 3. The fourth-order valence-electron chi connectivity index (χ4n) is 3.82. The van der Waals surface area contributed by atoms with Crippen molar-refractivity contribution in [2.45, 2.75) is 11.4 Å². The van der Waals surface area contributed by atoms with E-state index in [1.807, 2.05) is 54.8 Å². The van der Waals surface area contributed by atoms with Gasteiger partial charge in [-0.3, -0.25) is 24.2 Å². The maximum absolute atomic E-state index is 13.5. The molecule has 8 heteroatoms. The molecule has 0 saturated heterocycles. The van der Waals surface area contributed by atoms with Gasteiger partial charge in [0.1, 0.15) is 6.54 Å². The van der Waals surface area contributed by atoms with Crippen molar-refractivity contribution in [3.63, 3.8) is 0 Å². The number of imide groups is 1. The minimum atomic E-state index is -0.447. The first-order chi connectivity index (χ1) is 16.1. The molecule has 5 rings (SSSR count). The molecule has 0 aliphatic carbocycles. The van der Waals surface area contributed by atoms with Crippen molar-refractivity contribution in [2.75, 3.05) is 17.7 Å². The highest BCUT2D eigenvalue weighted by atomic mass is 32.2. The topological polar surface area (TPSA) is 70.6 Å². The summed E-state index contributed by atoms with van der Waals surface area (Å²) in [6, 6.07) is 22.2. The normalized spacial score (nSPS) is 12.9. The molecule has 4 aromatic rings. The van der Waals surface area contributed by atoms with Crippen molar-refractivity contribution < 1.29 is 14.4 Å². The Morgan fingerprint density at radius 3 is 2.27 bits per heavy atom.